The third-order valence-electron chi connectivity index (χ3n) is 2.64. The predicted molar refractivity (Wildman–Crippen MR) is 60.1 cm³/mol. The van der Waals surface area contributed by atoms with Gasteiger partial charge in [-0.1, -0.05) is 12.1 Å². The van der Waals surface area contributed by atoms with Crippen LogP contribution < -0.4 is 5.32 Å². The normalized spacial score (nSPS) is 14.6. The molecule has 0 unspecified atom stereocenters. The first-order valence-electron chi connectivity index (χ1n) is 5.48. The Morgan fingerprint density at radius 2 is 2.29 bits per heavy atom. The van der Waals surface area contributed by atoms with E-state index in [-0.39, 0.29) is 5.91 Å². The second-order valence-electron chi connectivity index (χ2n) is 4.06. The summed E-state index contributed by atoms with van der Waals surface area (Å²) in [5.41, 5.74) is 1.40. The number of carbonyl (C=O) groups is 1. The number of amides is 1. The molecular weight excluding hydrogens is 218 g/mol. The summed E-state index contributed by atoms with van der Waals surface area (Å²) in [6, 6.07) is 7.56. The first-order chi connectivity index (χ1) is 8.33. The van der Waals surface area contributed by atoms with E-state index in [0.29, 0.717) is 17.4 Å². The number of hydrogen-bond acceptors (Lipinski definition) is 4. The summed E-state index contributed by atoms with van der Waals surface area (Å²) >= 11 is 0. The summed E-state index contributed by atoms with van der Waals surface area (Å²) in [7, 11) is 0. The minimum atomic E-state index is -0.0437. The van der Waals surface area contributed by atoms with Crippen LogP contribution in [0.5, 0.6) is 0 Å². The van der Waals surface area contributed by atoms with E-state index in [1.807, 2.05) is 12.1 Å². The van der Waals surface area contributed by atoms with Gasteiger partial charge in [0.05, 0.1) is 0 Å². The fourth-order valence-corrected chi connectivity index (χ4v) is 1.58. The predicted octanol–water partition coefficient (Wildman–Crippen LogP) is 0.759. The monoisotopic (exact) mass is 229 g/mol. The van der Waals surface area contributed by atoms with Crippen molar-refractivity contribution in [3.63, 3.8) is 0 Å². The Kier molecular flexibility index (Phi) is 2.32. The molecule has 1 amide bonds. The summed E-state index contributed by atoms with van der Waals surface area (Å²) in [6.45, 7) is 0. The average molecular weight is 229 g/mol. The number of hydrogen-bond donors (Lipinski definition) is 2. The SMILES string of the molecule is O=C(NC1CC1)c1cccc(-c2nn[nH]n2)c1. The smallest absolute Gasteiger partial charge is 0.251 e. The van der Waals surface area contributed by atoms with Crippen LogP contribution in [0.1, 0.15) is 23.2 Å². The zero-order valence-corrected chi connectivity index (χ0v) is 9.05. The molecule has 1 aromatic carbocycles. The lowest BCUT2D eigenvalue weighted by molar-refractivity contribution is 0.0951. The van der Waals surface area contributed by atoms with Crippen LogP contribution in [0.15, 0.2) is 24.3 Å². The Labute approximate surface area is 97.4 Å². The molecule has 1 aliphatic carbocycles. The summed E-state index contributed by atoms with van der Waals surface area (Å²) < 4.78 is 0. The van der Waals surface area contributed by atoms with E-state index >= 15 is 0 Å². The number of H-pyrrole nitrogens is 1. The summed E-state index contributed by atoms with van der Waals surface area (Å²) in [5, 5.41) is 16.6. The van der Waals surface area contributed by atoms with Gasteiger partial charge in [-0.05, 0) is 30.2 Å². The van der Waals surface area contributed by atoms with Crippen molar-refractivity contribution in [2.75, 3.05) is 0 Å². The highest BCUT2D eigenvalue weighted by atomic mass is 16.1. The quantitative estimate of drug-likeness (QED) is 0.813. The highest BCUT2D eigenvalue weighted by Gasteiger charge is 2.23. The van der Waals surface area contributed by atoms with Crippen molar-refractivity contribution in [3.8, 4) is 11.4 Å². The fraction of sp³-hybridized carbons (Fsp3) is 0.273. The number of rotatable bonds is 3. The lowest BCUT2D eigenvalue weighted by Crippen LogP contribution is -2.25. The summed E-state index contributed by atoms with van der Waals surface area (Å²) in [6.07, 6.45) is 2.16. The molecule has 17 heavy (non-hydrogen) atoms. The van der Waals surface area contributed by atoms with Gasteiger partial charge in [-0.15, -0.1) is 10.2 Å². The fourth-order valence-electron chi connectivity index (χ4n) is 1.58. The molecule has 2 aromatic rings. The van der Waals surface area contributed by atoms with Gasteiger partial charge in [0.25, 0.3) is 5.91 Å². The van der Waals surface area contributed by atoms with Crippen molar-refractivity contribution < 1.29 is 4.79 Å². The highest BCUT2D eigenvalue weighted by molar-refractivity contribution is 5.95. The van der Waals surface area contributed by atoms with Gasteiger partial charge >= 0.3 is 0 Å². The molecule has 0 radical (unpaired) electrons. The number of carbonyl (C=O) groups excluding carboxylic acids is 1. The highest BCUT2D eigenvalue weighted by Crippen LogP contribution is 2.20. The van der Waals surface area contributed by atoms with Crippen molar-refractivity contribution in [3.05, 3.63) is 29.8 Å². The first-order valence-corrected chi connectivity index (χ1v) is 5.48. The van der Waals surface area contributed by atoms with Gasteiger partial charge in [0.2, 0.25) is 5.82 Å². The molecule has 6 nitrogen and oxygen atoms in total. The van der Waals surface area contributed by atoms with Gasteiger partial charge in [0, 0.05) is 17.2 Å². The number of aromatic amines is 1. The minimum Gasteiger partial charge on any atom is -0.349 e. The molecule has 86 valence electrons. The largest absolute Gasteiger partial charge is 0.349 e. The third-order valence-corrected chi connectivity index (χ3v) is 2.64. The second-order valence-corrected chi connectivity index (χ2v) is 4.06. The van der Waals surface area contributed by atoms with E-state index in [1.165, 1.54) is 0 Å². The van der Waals surface area contributed by atoms with E-state index in [4.69, 9.17) is 0 Å². The molecule has 0 spiro atoms. The lowest BCUT2D eigenvalue weighted by atomic mass is 10.1. The van der Waals surface area contributed by atoms with E-state index in [0.717, 1.165) is 18.4 Å². The topological polar surface area (TPSA) is 83.6 Å². The van der Waals surface area contributed by atoms with Crippen LogP contribution in [-0.2, 0) is 0 Å². The van der Waals surface area contributed by atoms with Gasteiger partial charge in [-0.3, -0.25) is 4.79 Å². The molecule has 1 aromatic heterocycles. The van der Waals surface area contributed by atoms with Crippen molar-refractivity contribution in [2.24, 2.45) is 0 Å². The Morgan fingerprint density at radius 3 is 3.00 bits per heavy atom. The van der Waals surface area contributed by atoms with Crippen LogP contribution in [0.2, 0.25) is 0 Å². The summed E-state index contributed by atoms with van der Waals surface area (Å²) in [4.78, 5) is 11.8. The number of benzene rings is 1. The molecule has 0 aliphatic heterocycles. The van der Waals surface area contributed by atoms with Crippen molar-refractivity contribution in [1.82, 2.24) is 25.9 Å². The molecule has 1 aliphatic rings. The van der Waals surface area contributed by atoms with E-state index in [9.17, 15) is 4.79 Å². The molecule has 3 rings (SSSR count). The van der Waals surface area contributed by atoms with Crippen LogP contribution in [-0.4, -0.2) is 32.6 Å². The molecule has 1 saturated carbocycles. The maximum Gasteiger partial charge on any atom is 0.251 e. The molecule has 1 fully saturated rings. The van der Waals surface area contributed by atoms with E-state index in [2.05, 4.69) is 25.9 Å². The number of nitrogens with one attached hydrogen (secondary N) is 2. The van der Waals surface area contributed by atoms with Crippen molar-refractivity contribution in [1.29, 1.82) is 0 Å². The van der Waals surface area contributed by atoms with Crippen LogP contribution >= 0.6 is 0 Å². The van der Waals surface area contributed by atoms with Gasteiger partial charge < -0.3 is 5.32 Å². The Hall–Kier alpha value is -2.24. The van der Waals surface area contributed by atoms with Gasteiger partial charge in [0.1, 0.15) is 0 Å². The molecule has 0 bridgehead atoms. The first kappa shape index (κ1) is 9.95. The second kappa shape index (κ2) is 3.97. The molecular formula is C11H11N5O. The zero-order chi connectivity index (χ0) is 11.7. The molecule has 1 heterocycles. The van der Waals surface area contributed by atoms with E-state index in [1.54, 1.807) is 12.1 Å². The summed E-state index contributed by atoms with van der Waals surface area (Å²) in [5.74, 6) is 0.448. The van der Waals surface area contributed by atoms with Crippen LogP contribution in [0.3, 0.4) is 0 Å². The molecule has 0 atom stereocenters. The maximum absolute atomic E-state index is 11.8. The van der Waals surface area contributed by atoms with Crippen LogP contribution in [0.4, 0.5) is 0 Å². The van der Waals surface area contributed by atoms with Crippen LogP contribution in [0, 0.1) is 0 Å². The van der Waals surface area contributed by atoms with Crippen molar-refractivity contribution >= 4 is 5.91 Å². The number of aromatic nitrogens is 4. The third kappa shape index (κ3) is 2.15. The standard InChI is InChI=1S/C11H11N5O/c17-11(12-9-4-5-9)8-3-1-2-7(6-8)10-13-15-16-14-10/h1-3,6,9H,4-5H2,(H,12,17)(H,13,14,15,16). The molecule has 0 saturated heterocycles. The van der Waals surface area contributed by atoms with Gasteiger partial charge in [0.15, 0.2) is 0 Å². The van der Waals surface area contributed by atoms with Crippen LogP contribution in [0.25, 0.3) is 11.4 Å². The number of tetrazole rings is 1. The molecule has 6 heteroatoms. The zero-order valence-electron chi connectivity index (χ0n) is 9.05. The Morgan fingerprint density at radius 1 is 1.41 bits per heavy atom. The molecule has 2 N–H and O–H groups in total. The Balaban J connectivity index is 1.85. The average Bonchev–Trinajstić information content (AvgIpc) is 3.00. The van der Waals surface area contributed by atoms with E-state index < -0.39 is 0 Å². The Bertz CT molecular complexity index is 533. The minimum absolute atomic E-state index is 0.0437. The van der Waals surface area contributed by atoms with Gasteiger partial charge in [-0.2, -0.15) is 5.21 Å². The lowest BCUT2D eigenvalue weighted by Gasteiger charge is -2.03. The number of nitrogens with zero attached hydrogens (tertiary/aromatic N) is 3. The van der Waals surface area contributed by atoms with Crippen molar-refractivity contribution in [2.45, 2.75) is 18.9 Å². The van der Waals surface area contributed by atoms with Gasteiger partial charge in [-0.25, -0.2) is 0 Å². The maximum atomic E-state index is 11.8.